The molecule has 2 heterocycles. The zero-order chi connectivity index (χ0) is 21.8. The van der Waals surface area contributed by atoms with Crippen molar-refractivity contribution in [2.24, 2.45) is 7.05 Å². The molecule has 4 rings (SSSR count). The lowest BCUT2D eigenvalue weighted by Gasteiger charge is -2.08. The van der Waals surface area contributed by atoms with Gasteiger partial charge in [-0.1, -0.05) is 42.1 Å². The SMILES string of the molecule is CCOC(=O)c1c(NC(=O)CSc2nnc(Cc3ccccc3)n2C)sc2c1CCC2. The molecule has 0 radical (unpaired) electrons. The summed E-state index contributed by atoms with van der Waals surface area (Å²) < 4.78 is 7.13. The van der Waals surface area contributed by atoms with Crippen LogP contribution >= 0.6 is 23.1 Å². The van der Waals surface area contributed by atoms with Gasteiger partial charge in [0.15, 0.2) is 5.16 Å². The number of hydrogen-bond acceptors (Lipinski definition) is 7. The summed E-state index contributed by atoms with van der Waals surface area (Å²) in [5.74, 6) is 0.488. The Morgan fingerprint density at radius 2 is 2.03 bits per heavy atom. The number of amides is 1. The first-order valence-corrected chi connectivity index (χ1v) is 12.0. The number of carbonyl (C=O) groups is 2. The molecule has 1 N–H and O–H groups in total. The number of nitrogens with zero attached hydrogens (tertiary/aromatic N) is 3. The molecule has 0 bridgehead atoms. The quantitative estimate of drug-likeness (QED) is 0.409. The van der Waals surface area contributed by atoms with Crippen LogP contribution in [0.2, 0.25) is 0 Å². The number of aromatic nitrogens is 3. The highest BCUT2D eigenvalue weighted by Gasteiger charge is 2.28. The summed E-state index contributed by atoms with van der Waals surface area (Å²) in [6.45, 7) is 2.09. The Morgan fingerprint density at radius 1 is 1.23 bits per heavy atom. The highest BCUT2D eigenvalue weighted by molar-refractivity contribution is 7.99. The zero-order valence-electron chi connectivity index (χ0n) is 17.5. The van der Waals surface area contributed by atoms with E-state index in [1.165, 1.54) is 28.0 Å². The van der Waals surface area contributed by atoms with E-state index in [2.05, 4.69) is 27.6 Å². The Kier molecular flexibility index (Phi) is 6.72. The van der Waals surface area contributed by atoms with Crippen LogP contribution in [-0.2, 0) is 35.8 Å². The smallest absolute Gasteiger partial charge is 0.341 e. The molecule has 0 spiro atoms. The normalized spacial score (nSPS) is 12.6. The van der Waals surface area contributed by atoms with Crippen LogP contribution in [0.5, 0.6) is 0 Å². The van der Waals surface area contributed by atoms with Crippen molar-refractivity contribution in [1.29, 1.82) is 0 Å². The molecule has 162 valence electrons. The Labute approximate surface area is 189 Å². The lowest BCUT2D eigenvalue weighted by Crippen LogP contribution is -2.17. The predicted octanol–water partition coefficient (Wildman–Crippen LogP) is 3.86. The number of ether oxygens (including phenoxy) is 1. The highest BCUT2D eigenvalue weighted by atomic mass is 32.2. The monoisotopic (exact) mass is 456 g/mol. The predicted molar refractivity (Wildman–Crippen MR) is 122 cm³/mol. The van der Waals surface area contributed by atoms with Crippen LogP contribution in [0, 0.1) is 0 Å². The number of thiophene rings is 1. The van der Waals surface area contributed by atoms with E-state index in [9.17, 15) is 9.59 Å². The zero-order valence-corrected chi connectivity index (χ0v) is 19.1. The first-order valence-electron chi connectivity index (χ1n) is 10.2. The van der Waals surface area contributed by atoms with Crippen molar-refractivity contribution in [3.63, 3.8) is 0 Å². The van der Waals surface area contributed by atoms with Crippen molar-refractivity contribution in [1.82, 2.24) is 14.8 Å². The van der Waals surface area contributed by atoms with Crippen LogP contribution in [0.3, 0.4) is 0 Å². The first-order chi connectivity index (χ1) is 15.1. The fourth-order valence-corrected chi connectivity index (χ4v) is 5.63. The van der Waals surface area contributed by atoms with Gasteiger partial charge in [-0.2, -0.15) is 0 Å². The lowest BCUT2D eigenvalue weighted by molar-refractivity contribution is -0.113. The third kappa shape index (κ3) is 4.83. The Hall–Kier alpha value is -2.65. The van der Waals surface area contributed by atoms with Gasteiger partial charge in [0, 0.05) is 18.3 Å². The second kappa shape index (κ2) is 9.65. The van der Waals surface area contributed by atoms with E-state index in [1.54, 1.807) is 6.92 Å². The van der Waals surface area contributed by atoms with Gasteiger partial charge in [-0.3, -0.25) is 4.79 Å². The second-order valence-electron chi connectivity index (χ2n) is 7.24. The number of aryl methyl sites for hydroxylation is 1. The molecule has 2 aromatic heterocycles. The molecule has 1 aliphatic carbocycles. The van der Waals surface area contributed by atoms with E-state index in [1.807, 2.05) is 29.8 Å². The average molecular weight is 457 g/mol. The van der Waals surface area contributed by atoms with E-state index in [0.717, 1.165) is 36.2 Å². The molecule has 1 aromatic carbocycles. The molecule has 7 nitrogen and oxygen atoms in total. The van der Waals surface area contributed by atoms with Gasteiger partial charge in [-0.25, -0.2) is 4.79 Å². The molecule has 1 amide bonds. The summed E-state index contributed by atoms with van der Waals surface area (Å²) in [6.07, 6.45) is 3.52. The molecular formula is C22H24N4O3S2. The van der Waals surface area contributed by atoms with Gasteiger partial charge in [-0.15, -0.1) is 21.5 Å². The molecule has 0 aliphatic heterocycles. The Morgan fingerprint density at radius 3 is 2.81 bits per heavy atom. The van der Waals surface area contributed by atoms with Crippen LogP contribution in [0.1, 0.15) is 45.5 Å². The number of fused-ring (bicyclic) bond motifs is 1. The van der Waals surface area contributed by atoms with Crippen molar-refractivity contribution < 1.29 is 14.3 Å². The number of hydrogen-bond donors (Lipinski definition) is 1. The Bertz CT molecular complexity index is 1090. The van der Waals surface area contributed by atoms with E-state index >= 15 is 0 Å². The van der Waals surface area contributed by atoms with Gasteiger partial charge >= 0.3 is 5.97 Å². The van der Waals surface area contributed by atoms with Crippen molar-refractivity contribution in [2.75, 3.05) is 17.7 Å². The van der Waals surface area contributed by atoms with Gasteiger partial charge in [0.05, 0.1) is 17.9 Å². The van der Waals surface area contributed by atoms with Crippen molar-refractivity contribution in [2.45, 2.75) is 37.8 Å². The van der Waals surface area contributed by atoms with Gasteiger partial charge in [0.25, 0.3) is 0 Å². The topological polar surface area (TPSA) is 86.1 Å². The summed E-state index contributed by atoms with van der Waals surface area (Å²) >= 11 is 2.81. The number of anilines is 1. The minimum Gasteiger partial charge on any atom is -0.462 e. The van der Waals surface area contributed by atoms with E-state index in [4.69, 9.17) is 4.74 Å². The molecule has 1 aliphatic rings. The van der Waals surface area contributed by atoms with E-state index in [0.29, 0.717) is 28.7 Å². The number of thioether (sulfide) groups is 1. The molecule has 0 unspecified atom stereocenters. The fraction of sp³-hybridized carbons (Fsp3) is 0.364. The minimum absolute atomic E-state index is 0.178. The van der Waals surface area contributed by atoms with Crippen molar-refractivity contribution in [3.8, 4) is 0 Å². The van der Waals surface area contributed by atoms with Crippen LogP contribution in [0.15, 0.2) is 35.5 Å². The highest BCUT2D eigenvalue weighted by Crippen LogP contribution is 2.39. The Balaban J connectivity index is 1.40. The van der Waals surface area contributed by atoms with Crippen LogP contribution in [0.25, 0.3) is 0 Å². The van der Waals surface area contributed by atoms with Crippen LogP contribution < -0.4 is 5.32 Å². The van der Waals surface area contributed by atoms with Crippen LogP contribution in [0.4, 0.5) is 5.00 Å². The largest absolute Gasteiger partial charge is 0.462 e. The lowest BCUT2D eigenvalue weighted by atomic mass is 10.1. The standard InChI is InChI=1S/C22H24N4O3S2/c1-3-29-21(28)19-15-10-7-11-16(15)31-20(19)23-18(27)13-30-22-25-24-17(26(22)2)12-14-8-5-4-6-9-14/h4-6,8-9H,3,7,10-13H2,1-2H3,(H,23,27). The van der Waals surface area contributed by atoms with Gasteiger partial charge in [0.2, 0.25) is 5.91 Å². The van der Waals surface area contributed by atoms with Crippen molar-refractivity contribution in [3.05, 3.63) is 57.7 Å². The van der Waals surface area contributed by atoms with E-state index < -0.39 is 0 Å². The molecule has 0 atom stereocenters. The maximum absolute atomic E-state index is 12.6. The third-order valence-electron chi connectivity index (χ3n) is 5.12. The minimum atomic E-state index is -0.358. The number of esters is 1. The summed E-state index contributed by atoms with van der Waals surface area (Å²) in [5, 5.41) is 12.7. The molecule has 31 heavy (non-hydrogen) atoms. The molecule has 0 saturated carbocycles. The number of nitrogens with one attached hydrogen (secondary N) is 1. The summed E-state index contributed by atoms with van der Waals surface area (Å²) in [5.41, 5.74) is 2.72. The number of rotatable bonds is 8. The van der Waals surface area contributed by atoms with Crippen LogP contribution in [-0.4, -0.2) is 39.0 Å². The molecule has 0 fully saturated rings. The van der Waals surface area contributed by atoms with Gasteiger partial charge in [0.1, 0.15) is 10.8 Å². The van der Waals surface area contributed by atoms with Gasteiger partial charge in [-0.05, 0) is 37.3 Å². The molecule has 3 aromatic rings. The fourth-order valence-electron chi connectivity index (χ4n) is 3.61. The second-order valence-corrected chi connectivity index (χ2v) is 9.29. The van der Waals surface area contributed by atoms with Gasteiger partial charge < -0.3 is 14.6 Å². The molecule has 9 heteroatoms. The summed E-state index contributed by atoms with van der Waals surface area (Å²) in [4.78, 5) is 26.2. The molecule has 0 saturated heterocycles. The number of benzene rings is 1. The van der Waals surface area contributed by atoms with E-state index in [-0.39, 0.29) is 17.6 Å². The first kappa shape index (κ1) is 21.6. The summed E-state index contributed by atoms with van der Waals surface area (Å²) in [7, 11) is 1.90. The maximum atomic E-state index is 12.6. The summed E-state index contributed by atoms with van der Waals surface area (Å²) in [6, 6.07) is 10.1. The molecular weight excluding hydrogens is 432 g/mol. The maximum Gasteiger partial charge on any atom is 0.341 e. The van der Waals surface area contributed by atoms with Crippen molar-refractivity contribution >= 4 is 40.0 Å². The third-order valence-corrected chi connectivity index (χ3v) is 7.34. The number of carbonyl (C=O) groups excluding carboxylic acids is 2. The average Bonchev–Trinajstić information content (AvgIpc) is 3.43.